The first-order chi connectivity index (χ1) is 13.5. The second-order valence-corrected chi connectivity index (χ2v) is 6.92. The average Bonchev–Trinajstić information content (AvgIpc) is 3.25. The quantitative estimate of drug-likeness (QED) is 0.697. The van der Waals surface area contributed by atoms with Crippen molar-refractivity contribution in [3.63, 3.8) is 0 Å². The maximum atomic E-state index is 12.9. The molecule has 8 nitrogen and oxygen atoms in total. The SMILES string of the molecule is Cc1ccc(N2CC(C)N(C(=O)c3ccc(-n4cnnn4)cc3)CC2=O)cc1. The highest BCUT2D eigenvalue weighted by molar-refractivity contribution is 6.02. The molecule has 3 aromatic rings. The molecule has 4 rings (SSSR count). The van der Waals surface area contributed by atoms with Gasteiger partial charge in [0.1, 0.15) is 12.9 Å². The van der Waals surface area contributed by atoms with E-state index in [-0.39, 0.29) is 24.4 Å². The molecule has 0 bridgehead atoms. The Morgan fingerprint density at radius 3 is 2.36 bits per heavy atom. The second-order valence-electron chi connectivity index (χ2n) is 6.92. The van der Waals surface area contributed by atoms with Gasteiger partial charge in [-0.2, -0.15) is 0 Å². The first-order valence-electron chi connectivity index (χ1n) is 9.04. The topological polar surface area (TPSA) is 84.2 Å². The van der Waals surface area contributed by atoms with E-state index in [1.54, 1.807) is 34.1 Å². The number of tetrazole rings is 1. The molecule has 0 spiro atoms. The van der Waals surface area contributed by atoms with Crippen molar-refractivity contribution in [3.05, 3.63) is 66.0 Å². The fraction of sp³-hybridized carbons (Fsp3) is 0.250. The summed E-state index contributed by atoms with van der Waals surface area (Å²) >= 11 is 0. The van der Waals surface area contributed by atoms with Gasteiger partial charge in [-0.3, -0.25) is 9.59 Å². The minimum Gasteiger partial charge on any atom is -0.325 e. The number of amides is 2. The van der Waals surface area contributed by atoms with Gasteiger partial charge < -0.3 is 9.80 Å². The lowest BCUT2D eigenvalue weighted by molar-refractivity contribution is -0.121. The molecular formula is C20H20N6O2. The van der Waals surface area contributed by atoms with Crippen LogP contribution in [-0.4, -0.2) is 56.1 Å². The summed E-state index contributed by atoms with van der Waals surface area (Å²) in [5, 5.41) is 11.0. The number of benzene rings is 2. The van der Waals surface area contributed by atoms with Crippen LogP contribution in [0.3, 0.4) is 0 Å². The summed E-state index contributed by atoms with van der Waals surface area (Å²) in [6.45, 7) is 4.50. The van der Waals surface area contributed by atoms with Gasteiger partial charge in [0.25, 0.3) is 5.91 Å². The highest BCUT2D eigenvalue weighted by Gasteiger charge is 2.33. The number of carbonyl (C=O) groups is 2. The van der Waals surface area contributed by atoms with Crippen LogP contribution < -0.4 is 4.90 Å². The fourth-order valence-electron chi connectivity index (χ4n) is 3.30. The van der Waals surface area contributed by atoms with Gasteiger partial charge in [0.2, 0.25) is 5.91 Å². The zero-order valence-electron chi connectivity index (χ0n) is 15.7. The summed E-state index contributed by atoms with van der Waals surface area (Å²) in [7, 11) is 0. The zero-order chi connectivity index (χ0) is 19.7. The van der Waals surface area contributed by atoms with Crippen molar-refractivity contribution in [2.75, 3.05) is 18.0 Å². The second kappa shape index (κ2) is 7.22. The Morgan fingerprint density at radius 2 is 1.71 bits per heavy atom. The van der Waals surface area contributed by atoms with Crippen molar-refractivity contribution in [1.82, 2.24) is 25.1 Å². The third kappa shape index (κ3) is 3.36. The number of hydrogen-bond acceptors (Lipinski definition) is 5. The Bertz CT molecular complexity index is 983. The van der Waals surface area contributed by atoms with Crippen molar-refractivity contribution in [1.29, 1.82) is 0 Å². The number of rotatable bonds is 3. The number of nitrogens with zero attached hydrogens (tertiary/aromatic N) is 6. The van der Waals surface area contributed by atoms with Crippen molar-refractivity contribution < 1.29 is 9.59 Å². The Morgan fingerprint density at radius 1 is 1.04 bits per heavy atom. The molecule has 1 aliphatic heterocycles. The van der Waals surface area contributed by atoms with Gasteiger partial charge in [0.05, 0.1) is 5.69 Å². The van der Waals surface area contributed by atoms with E-state index in [0.717, 1.165) is 16.9 Å². The highest BCUT2D eigenvalue weighted by Crippen LogP contribution is 2.22. The van der Waals surface area contributed by atoms with Gasteiger partial charge >= 0.3 is 0 Å². The van der Waals surface area contributed by atoms with Crippen LogP contribution in [-0.2, 0) is 4.79 Å². The molecule has 2 aromatic carbocycles. The predicted octanol–water partition coefficient (Wildman–Crippen LogP) is 1.85. The van der Waals surface area contributed by atoms with E-state index < -0.39 is 0 Å². The summed E-state index contributed by atoms with van der Waals surface area (Å²) in [5.74, 6) is -0.242. The van der Waals surface area contributed by atoms with Gasteiger partial charge in [-0.25, -0.2) is 4.68 Å². The van der Waals surface area contributed by atoms with E-state index in [9.17, 15) is 9.59 Å². The monoisotopic (exact) mass is 376 g/mol. The molecule has 1 unspecified atom stereocenters. The summed E-state index contributed by atoms with van der Waals surface area (Å²) < 4.78 is 1.51. The fourth-order valence-corrected chi connectivity index (χ4v) is 3.30. The predicted molar refractivity (Wildman–Crippen MR) is 103 cm³/mol. The molecule has 0 saturated carbocycles. The van der Waals surface area contributed by atoms with Gasteiger partial charge in [-0.05, 0) is 60.7 Å². The van der Waals surface area contributed by atoms with E-state index in [1.165, 1.54) is 11.0 Å². The van der Waals surface area contributed by atoms with Gasteiger partial charge in [0.15, 0.2) is 0 Å². The van der Waals surface area contributed by atoms with Crippen LogP contribution in [0.4, 0.5) is 5.69 Å². The van der Waals surface area contributed by atoms with Crippen LogP contribution in [0.25, 0.3) is 5.69 Å². The molecule has 28 heavy (non-hydrogen) atoms. The van der Waals surface area contributed by atoms with Crippen molar-refractivity contribution in [2.45, 2.75) is 19.9 Å². The van der Waals surface area contributed by atoms with Crippen LogP contribution in [0, 0.1) is 6.92 Å². The smallest absolute Gasteiger partial charge is 0.254 e. The van der Waals surface area contributed by atoms with Crippen LogP contribution >= 0.6 is 0 Å². The Kier molecular flexibility index (Phi) is 4.60. The molecule has 2 amide bonds. The molecule has 2 heterocycles. The molecule has 142 valence electrons. The van der Waals surface area contributed by atoms with Crippen molar-refractivity contribution in [3.8, 4) is 5.69 Å². The Labute approximate surface area is 162 Å². The van der Waals surface area contributed by atoms with Crippen molar-refractivity contribution in [2.24, 2.45) is 0 Å². The van der Waals surface area contributed by atoms with E-state index >= 15 is 0 Å². The van der Waals surface area contributed by atoms with Crippen LogP contribution in [0.2, 0.25) is 0 Å². The lowest BCUT2D eigenvalue weighted by Gasteiger charge is -2.39. The maximum absolute atomic E-state index is 12.9. The molecule has 0 radical (unpaired) electrons. The van der Waals surface area contributed by atoms with E-state index in [1.807, 2.05) is 38.1 Å². The largest absolute Gasteiger partial charge is 0.325 e. The maximum Gasteiger partial charge on any atom is 0.254 e. The minimum absolute atomic E-state index is 0.0582. The van der Waals surface area contributed by atoms with Crippen molar-refractivity contribution >= 4 is 17.5 Å². The minimum atomic E-state index is -0.160. The Balaban J connectivity index is 1.49. The van der Waals surface area contributed by atoms with Gasteiger partial charge in [0, 0.05) is 23.8 Å². The van der Waals surface area contributed by atoms with Crippen LogP contribution in [0.15, 0.2) is 54.9 Å². The van der Waals surface area contributed by atoms with E-state index in [4.69, 9.17) is 0 Å². The number of hydrogen-bond donors (Lipinski definition) is 0. The molecule has 1 atom stereocenters. The molecular weight excluding hydrogens is 356 g/mol. The van der Waals surface area contributed by atoms with Crippen LogP contribution in [0.5, 0.6) is 0 Å². The van der Waals surface area contributed by atoms with Gasteiger partial charge in [-0.15, -0.1) is 5.10 Å². The van der Waals surface area contributed by atoms with E-state index in [2.05, 4.69) is 15.5 Å². The summed E-state index contributed by atoms with van der Waals surface area (Å²) in [5.41, 5.74) is 3.29. The summed E-state index contributed by atoms with van der Waals surface area (Å²) in [6, 6.07) is 14.8. The molecule has 1 aromatic heterocycles. The molecule has 0 aliphatic carbocycles. The highest BCUT2D eigenvalue weighted by atomic mass is 16.2. The molecule has 1 aliphatic rings. The lowest BCUT2D eigenvalue weighted by atomic mass is 10.1. The Hall–Kier alpha value is -3.55. The first-order valence-corrected chi connectivity index (χ1v) is 9.04. The normalized spacial score (nSPS) is 17.1. The first kappa shape index (κ1) is 17.8. The van der Waals surface area contributed by atoms with Gasteiger partial charge in [-0.1, -0.05) is 17.7 Å². The van der Waals surface area contributed by atoms with E-state index in [0.29, 0.717) is 12.1 Å². The van der Waals surface area contributed by atoms with Crippen LogP contribution in [0.1, 0.15) is 22.8 Å². The number of piperazine rings is 1. The number of aryl methyl sites for hydroxylation is 1. The third-order valence-corrected chi connectivity index (χ3v) is 4.92. The molecule has 1 saturated heterocycles. The third-order valence-electron chi connectivity index (χ3n) is 4.92. The zero-order valence-corrected chi connectivity index (χ0v) is 15.7. The average molecular weight is 376 g/mol. The number of anilines is 1. The molecule has 0 N–H and O–H groups in total. The number of carbonyl (C=O) groups excluding carboxylic acids is 2. The number of aromatic nitrogens is 4. The summed E-state index contributed by atoms with van der Waals surface area (Å²) in [4.78, 5) is 29.0. The molecule has 8 heteroatoms. The summed E-state index contributed by atoms with van der Waals surface area (Å²) in [6.07, 6.45) is 1.49. The molecule has 1 fully saturated rings. The lowest BCUT2D eigenvalue weighted by Crippen LogP contribution is -2.57. The standard InChI is InChI=1S/C20H20N6O2/c1-14-3-7-17(8-4-14)25-11-15(2)24(12-19(25)27)20(28)16-5-9-18(10-6-16)26-13-21-22-23-26/h3-10,13,15H,11-12H2,1-2H3.